The molecule has 0 saturated heterocycles. The van der Waals surface area contributed by atoms with Crippen molar-refractivity contribution in [1.29, 1.82) is 0 Å². The van der Waals surface area contributed by atoms with Gasteiger partial charge in [-0.1, -0.05) is 36.4 Å². The van der Waals surface area contributed by atoms with Crippen LogP contribution >= 0.6 is 24.2 Å². The first-order valence-electron chi connectivity index (χ1n) is 4.75. The molecule has 0 aliphatic carbocycles. The minimum atomic E-state index is -0.413. The van der Waals surface area contributed by atoms with Gasteiger partial charge < -0.3 is 5.32 Å². The number of thiol groups is 1. The summed E-state index contributed by atoms with van der Waals surface area (Å²) in [4.78, 5) is 10.8. The molecule has 1 N–H and O–H groups in total. The highest BCUT2D eigenvalue weighted by molar-refractivity contribution is 7.96. The molecule has 4 nitrogen and oxygen atoms in total. The minimum Gasteiger partial charge on any atom is -0.317 e. The summed E-state index contributed by atoms with van der Waals surface area (Å²) in [6.07, 6.45) is 0. The molecule has 0 aliphatic heterocycles. The second-order valence-electron chi connectivity index (χ2n) is 3.25. The number of carbonyl (C=O) groups excluding carboxylic acids is 1. The molecule has 1 amide bonds. The van der Waals surface area contributed by atoms with Crippen molar-refractivity contribution in [2.24, 2.45) is 0 Å². The van der Waals surface area contributed by atoms with Crippen LogP contribution in [0.5, 0.6) is 0 Å². The van der Waals surface area contributed by atoms with Crippen molar-refractivity contribution >= 4 is 35.2 Å². The Balaban J connectivity index is 2.32. The zero-order chi connectivity index (χ0) is 12.3. The zero-order valence-electron chi connectivity index (χ0n) is 8.59. The van der Waals surface area contributed by atoms with Crippen LogP contribution in [-0.2, 0) is 0 Å². The van der Waals surface area contributed by atoms with Gasteiger partial charge in [-0.15, -0.1) is 10.2 Å². The van der Waals surface area contributed by atoms with Crippen molar-refractivity contribution in [1.82, 2.24) is 10.2 Å². The highest BCUT2D eigenvalue weighted by Gasteiger charge is 2.02. The molecule has 0 atom stereocenters. The molecule has 0 spiro atoms. The Morgan fingerprint density at radius 3 is 2.71 bits per heavy atom. The molecule has 2 aromatic rings. The van der Waals surface area contributed by atoms with E-state index < -0.39 is 5.24 Å². The van der Waals surface area contributed by atoms with Crippen molar-refractivity contribution in [2.75, 3.05) is 5.32 Å². The predicted octanol–water partition coefficient (Wildman–Crippen LogP) is 3.26. The maximum atomic E-state index is 10.8. The second kappa shape index (κ2) is 5.16. The number of nitrogens with zero attached hydrogens (tertiary/aromatic N) is 2. The summed E-state index contributed by atoms with van der Waals surface area (Å²) in [7, 11) is 0. The van der Waals surface area contributed by atoms with Crippen molar-refractivity contribution in [2.45, 2.75) is 0 Å². The smallest absolute Gasteiger partial charge is 0.280 e. The normalized spacial score (nSPS) is 10.0. The molecule has 0 aliphatic rings. The third-order valence-electron chi connectivity index (χ3n) is 2.04. The van der Waals surface area contributed by atoms with E-state index in [9.17, 15) is 4.79 Å². The van der Waals surface area contributed by atoms with Gasteiger partial charge in [0.2, 0.25) is 0 Å². The van der Waals surface area contributed by atoms with Crippen LogP contribution in [0, 0.1) is 0 Å². The molecule has 0 bridgehead atoms. The molecule has 6 heteroatoms. The Morgan fingerprint density at radius 1 is 1.24 bits per heavy atom. The SMILES string of the molecule is O=C(S)Nc1cccc(-c2ccc(Cl)nn2)c1. The van der Waals surface area contributed by atoms with Crippen molar-refractivity contribution in [3.8, 4) is 11.3 Å². The number of aromatic nitrogens is 2. The Labute approximate surface area is 108 Å². The molecular weight excluding hydrogens is 258 g/mol. The summed E-state index contributed by atoms with van der Waals surface area (Å²) in [5.41, 5.74) is 2.18. The summed E-state index contributed by atoms with van der Waals surface area (Å²) in [6.45, 7) is 0. The molecule has 0 unspecified atom stereocenters. The fraction of sp³-hybridized carbons (Fsp3) is 0. The monoisotopic (exact) mass is 265 g/mol. The van der Waals surface area contributed by atoms with Gasteiger partial charge in [-0.25, -0.2) is 0 Å². The van der Waals surface area contributed by atoms with Gasteiger partial charge in [-0.2, -0.15) is 0 Å². The van der Waals surface area contributed by atoms with Crippen LogP contribution in [0.3, 0.4) is 0 Å². The number of hydrogen-bond acceptors (Lipinski definition) is 3. The van der Waals surface area contributed by atoms with Crippen LogP contribution in [0.15, 0.2) is 36.4 Å². The third kappa shape index (κ3) is 3.18. The predicted molar refractivity (Wildman–Crippen MR) is 70.5 cm³/mol. The van der Waals surface area contributed by atoms with Gasteiger partial charge in [-0.05, 0) is 24.3 Å². The first-order valence-corrected chi connectivity index (χ1v) is 5.57. The summed E-state index contributed by atoms with van der Waals surface area (Å²) in [5.74, 6) is 0. The maximum absolute atomic E-state index is 10.8. The molecule has 2 rings (SSSR count). The lowest BCUT2D eigenvalue weighted by Crippen LogP contribution is -2.00. The molecular formula is C11H8ClN3OS. The molecule has 86 valence electrons. The maximum Gasteiger partial charge on any atom is 0.280 e. The lowest BCUT2D eigenvalue weighted by atomic mass is 10.1. The van der Waals surface area contributed by atoms with E-state index in [-0.39, 0.29) is 0 Å². The van der Waals surface area contributed by atoms with Crippen LogP contribution in [0.25, 0.3) is 11.3 Å². The number of nitrogens with one attached hydrogen (secondary N) is 1. The standard InChI is InChI=1S/C11H8ClN3OS/c12-10-5-4-9(14-15-10)7-2-1-3-8(6-7)13-11(16)17/h1-6H,(H2,13,16,17). The number of anilines is 1. The third-order valence-corrected chi connectivity index (χ3v) is 2.35. The van der Waals surface area contributed by atoms with E-state index in [0.29, 0.717) is 16.5 Å². The van der Waals surface area contributed by atoms with Crippen molar-refractivity contribution in [3.63, 3.8) is 0 Å². The summed E-state index contributed by atoms with van der Waals surface area (Å²) in [5, 5.41) is 10.2. The Morgan fingerprint density at radius 2 is 2.06 bits per heavy atom. The lowest BCUT2D eigenvalue weighted by molar-refractivity contribution is 0.270. The van der Waals surface area contributed by atoms with Gasteiger partial charge in [0.1, 0.15) is 0 Å². The number of benzene rings is 1. The molecule has 1 heterocycles. The molecule has 17 heavy (non-hydrogen) atoms. The average Bonchev–Trinajstić information content (AvgIpc) is 2.29. The van der Waals surface area contributed by atoms with Gasteiger partial charge in [0.25, 0.3) is 5.24 Å². The van der Waals surface area contributed by atoms with E-state index in [4.69, 9.17) is 11.6 Å². The van der Waals surface area contributed by atoms with Crippen molar-refractivity contribution < 1.29 is 4.79 Å². The summed E-state index contributed by atoms with van der Waals surface area (Å²) >= 11 is 9.31. The second-order valence-corrected chi connectivity index (χ2v) is 4.05. The Hall–Kier alpha value is -1.59. The number of hydrogen-bond donors (Lipinski definition) is 2. The van der Waals surface area contributed by atoms with E-state index >= 15 is 0 Å². The molecule has 1 aromatic carbocycles. The molecule has 0 radical (unpaired) electrons. The quantitative estimate of drug-likeness (QED) is 0.820. The largest absolute Gasteiger partial charge is 0.317 e. The van der Waals surface area contributed by atoms with E-state index in [1.807, 2.05) is 12.1 Å². The molecule has 1 aromatic heterocycles. The van der Waals surface area contributed by atoms with Gasteiger partial charge in [0.05, 0.1) is 5.69 Å². The van der Waals surface area contributed by atoms with E-state index in [1.54, 1.807) is 24.3 Å². The lowest BCUT2D eigenvalue weighted by Gasteiger charge is -2.04. The Kier molecular flexibility index (Phi) is 3.61. The fourth-order valence-corrected chi connectivity index (χ4v) is 1.58. The van der Waals surface area contributed by atoms with Crippen LogP contribution in [-0.4, -0.2) is 15.4 Å². The van der Waals surface area contributed by atoms with Gasteiger partial charge >= 0.3 is 0 Å². The fourth-order valence-electron chi connectivity index (χ4n) is 1.35. The van der Waals surface area contributed by atoms with Gasteiger partial charge in [0, 0.05) is 11.3 Å². The van der Waals surface area contributed by atoms with E-state index in [2.05, 4.69) is 28.1 Å². The minimum absolute atomic E-state index is 0.341. The zero-order valence-corrected chi connectivity index (χ0v) is 10.2. The first kappa shape index (κ1) is 11.9. The molecule has 0 fully saturated rings. The first-order chi connectivity index (χ1) is 8.15. The number of amides is 1. The van der Waals surface area contributed by atoms with Crippen LogP contribution in [0.4, 0.5) is 10.5 Å². The highest BCUT2D eigenvalue weighted by atomic mass is 35.5. The van der Waals surface area contributed by atoms with Crippen molar-refractivity contribution in [3.05, 3.63) is 41.6 Å². The summed E-state index contributed by atoms with van der Waals surface area (Å²) < 4.78 is 0. The van der Waals surface area contributed by atoms with Gasteiger partial charge in [0.15, 0.2) is 5.15 Å². The molecule has 0 saturated carbocycles. The topological polar surface area (TPSA) is 54.9 Å². The average molecular weight is 266 g/mol. The number of halogens is 1. The van der Waals surface area contributed by atoms with Gasteiger partial charge in [-0.3, -0.25) is 4.79 Å². The van der Waals surface area contributed by atoms with E-state index in [0.717, 1.165) is 5.56 Å². The highest BCUT2D eigenvalue weighted by Crippen LogP contribution is 2.21. The van der Waals surface area contributed by atoms with Crippen LogP contribution in [0.1, 0.15) is 0 Å². The number of carbonyl (C=O) groups is 1. The Bertz CT molecular complexity index is 545. The number of rotatable bonds is 2. The van der Waals surface area contributed by atoms with Crippen LogP contribution < -0.4 is 5.32 Å². The van der Waals surface area contributed by atoms with Crippen LogP contribution in [0.2, 0.25) is 5.15 Å². The van der Waals surface area contributed by atoms with E-state index in [1.165, 1.54) is 0 Å². The summed E-state index contributed by atoms with van der Waals surface area (Å²) in [6, 6.07) is 10.6.